The van der Waals surface area contributed by atoms with Crippen LogP contribution in [0.4, 0.5) is 10.6 Å². The number of hydrogen-bond acceptors (Lipinski definition) is 6. The van der Waals surface area contributed by atoms with E-state index in [0.29, 0.717) is 30.9 Å². The Hall–Kier alpha value is -3.88. The van der Waals surface area contributed by atoms with E-state index in [2.05, 4.69) is 22.4 Å². The van der Waals surface area contributed by atoms with Gasteiger partial charge < -0.3 is 25.0 Å². The van der Waals surface area contributed by atoms with Crippen molar-refractivity contribution in [2.75, 3.05) is 38.6 Å². The lowest BCUT2D eigenvalue weighted by Crippen LogP contribution is -2.36. The van der Waals surface area contributed by atoms with Gasteiger partial charge in [-0.25, -0.2) is 9.78 Å². The maximum absolute atomic E-state index is 13.3. The number of methoxy groups -OCH3 is 1. The molecule has 0 aliphatic carbocycles. The van der Waals surface area contributed by atoms with Gasteiger partial charge in [-0.3, -0.25) is 9.78 Å². The lowest BCUT2D eigenvalue weighted by molar-refractivity contribution is -0.138. The average Bonchev–Trinajstić information content (AvgIpc) is 3.26. The topological polar surface area (TPSA) is 108 Å². The molecule has 0 radical (unpaired) electrons. The fourth-order valence-corrected chi connectivity index (χ4v) is 5.15. The van der Waals surface area contributed by atoms with Crippen molar-refractivity contribution in [1.29, 1.82) is 0 Å². The second-order valence-corrected chi connectivity index (χ2v) is 9.31. The second kappa shape index (κ2) is 10.4. The van der Waals surface area contributed by atoms with Crippen molar-refractivity contribution >= 4 is 28.7 Å². The van der Waals surface area contributed by atoms with Gasteiger partial charge in [-0.15, -0.1) is 0 Å². The number of ether oxygens (including phenoxy) is 1. The van der Waals surface area contributed by atoms with Crippen LogP contribution in [-0.4, -0.2) is 70.2 Å². The molecule has 1 fully saturated rings. The number of carboxylic acids is 1. The molecule has 1 atom stereocenters. The number of pyridine rings is 2. The molecule has 2 aliphatic heterocycles. The highest BCUT2D eigenvalue weighted by Crippen LogP contribution is 2.32. The molecule has 2 aliphatic rings. The van der Waals surface area contributed by atoms with Gasteiger partial charge in [0, 0.05) is 43.5 Å². The standard InChI is InChI=1S/C27H31N5O4/c1-36-24-10-12-28-22-16-19(7-9-21(22)24)23(17-25(33)34)32-15-14-31(27(32)35)13-3-5-20-8-6-18-4-2-11-29-26(18)30-20/h6-10,12,16,23H,2-5,11,13-15,17H2,1H3,(H,29,30)(H,33,34)/t23-/m0/s1. The highest BCUT2D eigenvalue weighted by molar-refractivity contribution is 5.86. The number of anilines is 1. The SMILES string of the molecule is COc1ccnc2cc([C@H](CC(=O)O)N3CCN(CCCc4ccc5c(n4)NCCC5)C3=O)ccc12. The Bertz CT molecular complexity index is 1280. The molecule has 1 saturated heterocycles. The molecular formula is C27H31N5O4. The van der Waals surface area contributed by atoms with Gasteiger partial charge in [0.1, 0.15) is 11.6 Å². The number of hydrogen-bond donors (Lipinski definition) is 2. The van der Waals surface area contributed by atoms with E-state index in [1.165, 1.54) is 5.56 Å². The average molecular weight is 490 g/mol. The van der Waals surface area contributed by atoms with Crippen LogP contribution in [-0.2, 0) is 17.6 Å². The van der Waals surface area contributed by atoms with E-state index in [-0.39, 0.29) is 12.5 Å². The molecule has 0 bridgehead atoms. The first-order chi connectivity index (χ1) is 17.5. The van der Waals surface area contributed by atoms with Crippen LogP contribution in [0.5, 0.6) is 5.75 Å². The van der Waals surface area contributed by atoms with Gasteiger partial charge in [0.25, 0.3) is 0 Å². The van der Waals surface area contributed by atoms with E-state index in [1.807, 2.05) is 23.1 Å². The first-order valence-electron chi connectivity index (χ1n) is 12.5. The van der Waals surface area contributed by atoms with Crippen LogP contribution in [0.1, 0.15) is 42.1 Å². The molecule has 4 heterocycles. The van der Waals surface area contributed by atoms with Crippen molar-refractivity contribution in [3.63, 3.8) is 0 Å². The van der Waals surface area contributed by atoms with Crippen molar-refractivity contribution < 1.29 is 19.4 Å². The van der Waals surface area contributed by atoms with Crippen molar-refractivity contribution in [3.05, 3.63) is 59.4 Å². The van der Waals surface area contributed by atoms with Crippen LogP contribution in [0.2, 0.25) is 0 Å². The Morgan fingerprint density at radius 1 is 1.22 bits per heavy atom. The number of aliphatic carboxylic acids is 1. The Balaban J connectivity index is 1.26. The highest BCUT2D eigenvalue weighted by Gasteiger charge is 2.35. The lowest BCUT2D eigenvalue weighted by atomic mass is 10.00. The Morgan fingerprint density at radius 3 is 2.94 bits per heavy atom. The molecular weight excluding hydrogens is 458 g/mol. The number of rotatable bonds is 9. The number of carbonyl (C=O) groups is 2. The van der Waals surface area contributed by atoms with E-state index in [4.69, 9.17) is 9.72 Å². The van der Waals surface area contributed by atoms with E-state index in [9.17, 15) is 14.7 Å². The summed E-state index contributed by atoms with van der Waals surface area (Å²) in [7, 11) is 1.60. The predicted octanol–water partition coefficient (Wildman–Crippen LogP) is 3.88. The zero-order valence-corrected chi connectivity index (χ0v) is 20.4. The van der Waals surface area contributed by atoms with Crippen LogP contribution in [0.15, 0.2) is 42.6 Å². The number of fused-ring (bicyclic) bond motifs is 2. The molecule has 9 nitrogen and oxygen atoms in total. The number of carbonyl (C=O) groups excluding carboxylic acids is 1. The van der Waals surface area contributed by atoms with Crippen LogP contribution in [0.25, 0.3) is 10.9 Å². The van der Waals surface area contributed by atoms with E-state index < -0.39 is 12.0 Å². The number of carboxylic acid groups (broad SMARTS) is 1. The molecule has 2 N–H and O–H groups in total. The van der Waals surface area contributed by atoms with Gasteiger partial charge in [0.15, 0.2) is 0 Å². The minimum absolute atomic E-state index is 0.125. The quantitative estimate of drug-likeness (QED) is 0.470. The smallest absolute Gasteiger partial charge is 0.320 e. The normalized spacial score (nSPS) is 16.1. The van der Waals surface area contributed by atoms with Gasteiger partial charge in [0.2, 0.25) is 0 Å². The van der Waals surface area contributed by atoms with Gasteiger partial charge in [0.05, 0.1) is 25.1 Å². The molecule has 2 aromatic heterocycles. The molecule has 0 unspecified atom stereocenters. The largest absolute Gasteiger partial charge is 0.496 e. The summed E-state index contributed by atoms with van der Waals surface area (Å²) in [6.45, 7) is 2.63. The minimum atomic E-state index is -0.947. The van der Waals surface area contributed by atoms with E-state index in [0.717, 1.165) is 54.7 Å². The van der Waals surface area contributed by atoms with Gasteiger partial charge in [-0.1, -0.05) is 12.1 Å². The summed E-state index contributed by atoms with van der Waals surface area (Å²) < 4.78 is 5.41. The molecule has 1 aromatic carbocycles. The summed E-state index contributed by atoms with van der Waals surface area (Å²) in [5.41, 5.74) is 3.75. The van der Waals surface area contributed by atoms with E-state index >= 15 is 0 Å². The summed E-state index contributed by atoms with van der Waals surface area (Å²) in [4.78, 5) is 37.7. The van der Waals surface area contributed by atoms with Crippen LogP contribution >= 0.6 is 0 Å². The maximum atomic E-state index is 13.3. The minimum Gasteiger partial charge on any atom is -0.496 e. The van der Waals surface area contributed by atoms with Gasteiger partial charge in [-0.2, -0.15) is 0 Å². The summed E-state index contributed by atoms with van der Waals surface area (Å²) in [5.74, 6) is 0.743. The molecule has 3 aromatic rings. The maximum Gasteiger partial charge on any atom is 0.320 e. The Morgan fingerprint density at radius 2 is 2.11 bits per heavy atom. The third-order valence-electron chi connectivity index (χ3n) is 7.02. The Labute approximate surface area is 210 Å². The van der Waals surface area contributed by atoms with Gasteiger partial charge >= 0.3 is 12.0 Å². The number of nitrogens with one attached hydrogen (secondary N) is 1. The third-order valence-corrected chi connectivity index (χ3v) is 7.02. The predicted molar refractivity (Wildman–Crippen MR) is 136 cm³/mol. The molecule has 0 spiro atoms. The van der Waals surface area contributed by atoms with E-state index in [1.54, 1.807) is 24.3 Å². The van der Waals surface area contributed by atoms with Crippen LogP contribution in [0.3, 0.4) is 0 Å². The monoisotopic (exact) mass is 489 g/mol. The summed E-state index contributed by atoms with van der Waals surface area (Å²) >= 11 is 0. The number of urea groups is 1. The number of amides is 2. The van der Waals surface area contributed by atoms with Crippen molar-refractivity contribution in [2.24, 2.45) is 0 Å². The second-order valence-electron chi connectivity index (χ2n) is 9.31. The van der Waals surface area contributed by atoms with Gasteiger partial charge in [-0.05, 0) is 61.1 Å². The first-order valence-corrected chi connectivity index (χ1v) is 12.5. The number of nitrogens with zero attached hydrogens (tertiary/aromatic N) is 4. The Kier molecular flexibility index (Phi) is 6.88. The number of aryl methyl sites for hydroxylation is 2. The molecule has 36 heavy (non-hydrogen) atoms. The number of benzene rings is 1. The molecule has 188 valence electrons. The molecule has 0 saturated carbocycles. The fraction of sp³-hybridized carbons (Fsp3) is 0.407. The number of aromatic nitrogens is 2. The van der Waals surface area contributed by atoms with Crippen molar-refractivity contribution in [1.82, 2.24) is 19.8 Å². The fourth-order valence-electron chi connectivity index (χ4n) is 5.15. The molecule has 5 rings (SSSR count). The highest BCUT2D eigenvalue weighted by atomic mass is 16.5. The summed E-state index contributed by atoms with van der Waals surface area (Å²) in [5, 5.41) is 13.8. The third kappa shape index (κ3) is 4.91. The van der Waals surface area contributed by atoms with Crippen LogP contribution < -0.4 is 10.1 Å². The molecule has 2 amide bonds. The van der Waals surface area contributed by atoms with Crippen molar-refractivity contribution in [2.45, 2.75) is 38.1 Å². The van der Waals surface area contributed by atoms with Crippen molar-refractivity contribution in [3.8, 4) is 5.75 Å². The zero-order valence-electron chi connectivity index (χ0n) is 20.4. The zero-order chi connectivity index (χ0) is 25.1. The summed E-state index contributed by atoms with van der Waals surface area (Å²) in [6.07, 6.45) is 5.28. The summed E-state index contributed by atoms with van der Waals surface area (Å²) in [6, 6.07) is 10.9. The van der Waals surface area contributed by atoms with Crippen LogP contribution in [0, 0.1) is 0 Å². The lowest BCUT2D eigenvalue weighted by Gasteiger charge is -2.27. The molecule has 9 heteroatoms. The first kappa shape index (κ1) is 23.8.